The highest BCUT2D eigenvalue weighted by Crippen LogP contribution is 2.17. The lowest BCUT2D eigenvalue weighted by atomic mass is 10.2. The Labute approximate surface area is 147 Å². The molecular formula is C18H24FN5O. The van der Waals surface area contributed by atoms with E-state index >= 15 is 0 Å². The summed E-state index contributed by atoms with van der Waals surface area (Å²) >= 11 is 0. The number of aliphatic imine (C=N–C) groups is 1. The van der Waals surface area contributed by atoms with Crippen LogP contribution in [-0.2, 0) is 13.0 Å². The molecule has 0 radical (unpaired) electrons. The average Bonchev–Trinajstić information content (AvgIpc) is 3.08. The number of rotatable bonds is 5. The quantitative estimate of drug-likeness (QED) is 0.666. The van der Waals surface area contributed by atoms with Crippen LogP contribution in [0.4, 0.5) is 10.1 Å². The molecule has 1 fully saturated rings. The molecular weight excluding hydrogens is 321 g/mol. The van der Waals surface area contributed by atoms with Gasteiger partial charge in [0.1, 0.15) is 18.1 Å². The lowest BCUT2D eigenvalue weighted by molar-refractivity contribution is 0.379. The fourth-order valence-corrected chi connectivity index (χ4v) is 2.86. The maximum absolute atomic E-state index is 13.0. The molecule has 0 aliphatic carbocycles. The molecule has 0 unspecified atom stereocenters. The number of benzene rings is 1. The summed E-state index contributed by atoms with van der Waals surface area (Å²) in [6, 6.07) is 6.59. The summed E-state index contributed by atoms with van der Waals surface area (Å²) in [6.45, 7) is 5.70. The fraction of sp³-hybridized carbons (Fsp3) is 0.444. The van der Waals surface area contributed by atoms with E-state index in [2.05, 4.69) is 26.7 Å². The zero-order valence-electron chi connectivity index (χ0n) is 14.5. The van der Waals surface area contributed by atoms with E-state index in [-0.39, 0.29) is 5.82 Å². The molecule has 0 atom stereocenters. The molecule has 2 N–H and O–H groups in total. The summed E-state index contributed by atoms with van der Waals surface area (Å²) < 4.78 is 18.6. The Balaban J connectivity index is 1.51. The van der Waals surface area contributed by atoms with Crippen molar-refractivity contribution in [1.29, 1.82) is 0 Å². The number of halogens is 1. The van der Waals surface area contributed by atoms with Crippen molar-refractivity contribution < 1.29 is 8.81 Å². The predicted octanol–water partition coefficient (Wildman–Crippen LogP) is 2.40. The molecule has 134 valence electrons. The number of piperazine rings is 1. The maximum Gasteiger partial charge on any atom is 0.194 e. The second-order valence-corrected chi connectivity index (χ2v) is 6.10. The minimum Gasteiger partial charge on any atom is -0.444 e. The smallest absolute Gasteiger partial charge is 0.194 e. The van der Waals surface area contributed by atoms with Crippen LogP contribution in [0.15, 0.2) is 39.9 Å². The zero-order valence-corrected chi connectivity index (χ0v) is 14.5. The zero-order chi connectivity index (χ0) is 17.6. The Bertz CT molecular complexity index is 705. The number of oxazole rings is 1. The summed E-state index contributed by atoms with van der Waals surface area (Å²) in [4.78, 5) is 12.9. The van der Waals surface area contributed by atoms with Gasteiger partial charge in [-0.2, -0.15) is 0 Å². The number of aryl methyl sites for hydroxylation is 1. The van der Waals surface area contributed by atoms with Crippen molar-refractivity contribution in [2.24, 2.45) is 10.7 Å². The van der Waals surface area contributed by atoms with Gasteiger partial charge in [0.2, 0.25) is 0 Å². The average molecular weight is 345 g/mol. The topological polar surface area (TPSA) is 70.9 Å². The molecule has 2 heterocycles. The van der Waals surface area contributed by atoms with Crippen molar-refractivity contribution in [3.8, 4) is 0 Å². The normalized spacial score (nSPS) is 15.7. The molecule has 1 aromatic carbocycles. The van der Waals surface area contributed by atoms with Crippen LogP contribution < -0.4 is 10.6 Å². The number of anilines is 1. The molecule has 1 aliphatic rings. The Kier molecular flexibility index (Phi) is 5.53. The summed E-state index contributed by atoms with van der Waals surface area (Å²) in [7, 11) is 0. The second kappa shape index (κ2) is 8.00. The van der Waals surface area contributed by atoms with E-state index in [4.69, 9.17) is 10.2 Å². The van der Waals surface area contributed by atoms with Crippen LogP contribution in [0.1, 0.15) is 25.0 Å². The third-order valence-corrected chi connectivity index (χ3v) is 4.26. The lowest BCUT2D eigenvalue weighted by Crippen LogP contribution is -2.51. The minimum atomic E-state index is -0.215. The number of guanidine groups is 1. The van der Waals surface area contributed by atoms with Crippen LogP contribution >= 0.6 is 0 Å². The van der Waals surface area contributed by atoms with Crippen molar-refractivity contribution in [3.63, 3.8) is 0 Å². The highest BCUT2D eigenvalue weighted by molar-refractivity contribution is 5.78. The summed E-state index contributed by atoms with van der Waals surface area (Å²) in [6.07, 6.45) is 3.56. The Morgan fingerprint density at radius 2 is 1.96 bits per heavy atom. The van der Waals surface area contributed by atoms with Gasteiger partial charge in [-0.25, -0.2) is 14.4 Å². The molecule has 7 heteroatoms. The van der Waals surface area contributed by atoms with Crippen molar-refractivity contribution in [1.82, 2.24) is 9.88 Å². The number of nitrogens with zero attached hydrogens (tertiary/aromatic N) is 4. The van der Waals surface area contributed by atoms with Gasteiger partial charge in [-0.3, -0.25) is 0 Å². The van der Waals surface area contributed by atoms with E-state index < -0.39 is 0 Å². The van der Waals surface area contributed by atoms with Gasteiger partial charge in [0.05, 0.1) is 6.20 Å². The molecule has 0 amide bonds. The largest absolute Gasteiger partial charge is 0.444 e. The fourth-order valence-electron chi connectivity index (χ4n) is 2.86. The van der Waals surface area contributed by atoms with E-state index in [1.807, 2.05) is 0 Å². The van der Waals surface area contributed by atoms with Crippen LogP contribution in [0.2, 0.25) is 0 Å². The predicted molar refractivity (Wildman–Crippen MR) is 96.0 cm³/mol. The first-order chi connectivity index (χ1) is 12.2. The first kappa shape index (κ1) is 17.3. The molecule has 1 aromatic heterocycles. The van der Waals surface area contributed by atoms with E-state index in [0.29, 0.717) is 12.5 Å². The highest BCUT2D eigenvalue weighted by atomic mass is 19.1. The van der Waals surface area contributed by atoms with E-state index in [0.717, 1.165) is 56.4 Å². The van der Waals surface area contributed by atoms with Gasteiger partial charge < -0.3 is 20.0 Å². The molecule has 2 aromatic rings. The summed E-state index contributed by atoms with van der Waals surface area (Å²) in [5, 5.41) is 0. The third kappa shape index (κ3) is 4.49. The third-order valence-electron chi connectivity index (χ3n) is 4.26. The van der Waals surface area contributed by atoms with Gasteiger partial charge in [0, 0.05) is 38.3 Å². The highest BCUT2D eigenvalue weighted by Gasteiger charge is 2.18. The van der Waals surface area contributed by atoms with Crippen molar-refractivity contribution >= 4 is 11.6 Å². The maximum atomic E-state index is 13.0. The second-order valence-electron chi connectivity index (χ2n) is 6.10. The summed E-state index contributed by atoms with van der Waals surface area (Å²) in [5.41, 5.74) is 7.14. The van der Waals surface area contributed by atoms with Crippen molar-refractivity contribution in [2.45, 2.75) is 26.3 Å². The Morgan fingerprint density at radius 3 is 2.64 bits per heavy atom. The standard InChI is InChI=1S/C18H24FN5O/c1-2-3-17-21-12-16(25-17)13-22-18(20)24-10-8-23(9-11-24)15-6-4-14(19)5-7-15/h4-7,12H,2-3,8-11,13H2,1H3,(H2,20,22). The van der Waals surface area contributed by atoms with Gasteiger partial charge in [0.25, 0.3) is 0 Å². The molecule has 0 bridgehead atoms. The molecule has 6 nitrogen and oxygen atoms in total. The lowest BCUT2D eigenvalue weighted by Gasteiger charge is -2.36. The molecule has 0 spiro atoms. The molecule has 3 rings (SSSR count). The Morgan fingerprint density at radius 1 is 1.24 bits per heavy atom. The minimum absolute atomic E-state index is 0.215. The van der Waals surface area contributed by atoms with Gasteiger partial charge in [0.15, 0.2) is 11.9 Å². The SMILES string of the molecule is CCCc1ncc(CN=C(N)N2CCN(c3ccc(F)cc3)CC2)o1. The van der Waals surface area contributed by atoms with Crippen molar-refractivity contribution in [3.05, 3.63) is 47.9 Å². The van der Waals surface area contributed by atoms with E-state index in [1.54, 1.807) is 18.3 Å². The molecule has 1 saturated heterocycles. The first-order valence-corrected chi connectivity index (χ1v) is 8.64. The number of nitrogens with two attached hydrogens (primary N) is 1. The van der Waals surface area contributed by atoms with Crippen molar-refractivity contribution in [2.75, 3.05) is 31.1 Å². The first-order valence-electron chi connectivity index (χ1n) is 8.64. The van der Waals surface area contributed by atoms with Crippen LogP contribution in [0, 0.1) is 5.82 Å². The number of hydrogen-bond acceptors (Lipinski definition) is 4. The van der Waals surface area contributed by atoms with E-state index in [1.165, 1.54) is 12.1 Å². The number of aromatic nitrogens is 1. The van der Waals surface area contributed by atoms with Gasteiger partial charge in [-0.1, -0.05) is 6.92 Å². The number of hydrogen-bond donors (Lipinski definition) is 1. The molecule has 1 aliphatic heterocycles. The molecule has 0 saturated carbocycles. The van der Waals surface area contributed by atoms with Crippen LogP contribution in [-0.4, -0.2) is 42.0 Å². The van der Waals surface area contributed by atoms with Gasteiger partial charge in [-0.15, -0.1) is 0 Å². The van der Waals surface area contributed by atoms with Gasteiger partial charge >= 0.3 is 0 Å². The van der Waals surface area contributed by atoms with Crippen LogP contribution in [0.5, 0.6) is 0 Å². The monoisotopic (exact) mass is 345 g/mol. The van der Waals surface area contributed by atoms with Gasteiger partial charge in [-0.05, 0) is 30.7 Å². The molecule has 25 heavy (non-hydrogen) atoms. The Hall–Kier alpha value is -2.57. The van der Waals surface area contributed by atoms with Crippen LogP contribution in [0.3, 0.4) is 0 Å². The van der Waals surface area contributed by atoms with Crippen LogP contribution in [0.25, 0.3) is 0 Å². The summed E-state index contributed by atoms with van der Waals surface area (Å²) in [5.74, 6) is 1.79. The van der Waals surface area contributed by atoms with E-state index in [9.17, 15) is 4.39 Å².